The van der Waals surface area contributed by atoms with Crippen molar-refractivity contribution < 1.29 is 0 Å². The highest BCUT2D eigenvalue weighted by molar-refractivity contribution is 5.44. The number of aromatic nitrogens is 4. The second-order valence-electron chi connectivity index (χ2n) is 3.65. The van der Waals surface area contributed by atoms with E-state index in [-0.39, 0.29) is 0 Å². The van der Waals surface area contributed by atoms with Gasteiger partial charge in [0.05, 0.1) is 0 Å². The predicted octanol–water partition coefficient (Wildman–Crippen LogP) is 1.61. The maximum absolute atomic E-state index is 3.85. The lowest BCUT2D eigenvalue weighted by atomic mass is 10.1. The van der Waals surface area contributed by atoms with E-state index in [1.54, 1.807) is 0 Å². The van der Waals surface area contributed by atoms with E-state index in [9.17, 15) is 0 Å². The van der Waals surface area contributed by atoms with Crippen molar-refractivity contribution in [3.63, 3.8) is 0 Å². The zero-order valence-electron chi connectivity index (χ0n) is 9.27. The fourth-order valence-corrected chi connectivity index (χ4v) is 1.46. The maximum Gasteiger partial charge on any atom is 0.152 e. The van der Waals surface area contributed by atoms with E-state index in [4.69, 9.17) is 0 Å². The van der Waals surface area contributed by atoms with Gasteiger partial charge in [-0.1, -0.05) is 19.1 Å². The lowest BCUT2D eigenvalue weighted by Crippen LogP contribution is -1.99. The van der Waals surface area contributed by atoms with Gasteiger partial charge in [0, 0.05) is 18.7 Å². The van der Waals surface area contributed by atoms with E-state index in [0.717, 1.165) is 30.9 Å². The van der Waals surface area contributed by atoms with Gasteiger partial charge in [-0.2, -0.15) is 0 Å². The molecule has 0 amide bonds. The zero-order valence-corrected chi connectivity index (χ0v) is 9.27. The van der Waals surface area contributed by atoms with Crippen LogP contribution in [0.3, 0.4) is 0 Å². The number of H-pyrrole nitrogens is 1. The van der Waals surface area contributed by atoms with E-state index in [1.165, 1.54) is 5.56 Å². The van der Waals surface area contributed by atoms with Gasteiger partial charge in [-0.15, -0.1) is 5.10 Å². The third kappa shape index (κ3) is 2.79. The number of hydrogen-bond acceptors (Lipinski definition) is 4. The minimum absolute atomic E-state index is 0.737. The molecule has 2 rings (SSSR count). The molecule has 0 spiro atoms. The summed E-state index contributed by atoms with van der Waals surface area (Å²) in [7, 11) is 0. The third-order valence-electron chi connectivity index (χ3n) is 2.29. The van der Waals surface area contributed by atoms with Crippen LogP contribution in [0.4, 0.5) is 5.69 Å². The fourth-order valence-electron chi connectivity index (χ4n) is 1.46. The first-order valence-corrected chi connectivity index (χ1v) is 5.44. The molecule has 1 aromatic heterocycles. The molecule has 2 aromatic rings. The summed E-state index contributed by atoms with van der Waals surface area (Å²) in [5, 5.41) is 17.0. The molecule has 0 aliphatic carbocycles. The molecule has 0 atom stereocenters. The van der Waals surface area contributed by atoms with Gasteiger partial charge in [-0.25, -0.2) is 5.10 Å². The molecule has 0 saturated carbocycles. The maximum atomic E-state index is 3.85. The molecule has 0 fully saturated rings. The molecule has 2 N–H and O–H groups in total. The first-order chi connectivity index (χ1) is 7.88. The predicted molar refractivity (Wildman–Crippen MR) is 62.2 cm³/mol. The SMILES string of the molecule is CCCNc1ccc(Cc2nnn[nH]2)cc1. The summed E-state index contributed by atoms with van der Waals surface area (Å²) >= 11 is 0. The van der Waals surface area contributed by atoms with E-state index in [0.29, 0.717) is 0 Å². The van der Waals surface area contributed by atoms with E-state index < -0.39 is 0 Å². The minimum atomic E-state index is 0.737. The van der Waals surface area contributed by atoms with Crippen LogP contribution < -0.4 is 5.32 Å². The van der Waals surface area contributed by atoms with Crippen molar-refractivity contribution in [1.82, 2.24) is 20.6 Å². The van der Waals surface area contributed by atoms with Crippen molar-refractivity contribution in [3.8, 4) is 0 Å². The largest absolute Gasteiger partial charge is 0.385 e. The van der Waals surface area contributed by atoms with Crippen molar-refractivity contribution in [2.45, 2.75) is 19.8 Å². The highest BCUT2D eigenvalue weighted by Crippen LogP contribution is 2.11. The Morgan fingerprint density at radius 2 is 2.06 bits per heavy atom. The molecule has 0 bridgehead atoms. The first-order valence-electron chi connectivity index (χ1n) is 5.44. The standard InChI is InChI=1S/C11H15N5/c1-2-7-12-10-5-3-9(4-6-10)8-11-13-15-16-14-11/h3-6,12H,2,7-8H2,1H3,(H,13,14,15,16). The smallest absolute Gasteiger partial charge is 0.152 e. The molecule has 0 saturated heterocycles. The normalized spacial score (nSPS) is 10.3. The quantitative estimate of drug-likeness (QED) is 0.798. The van der Waals surface area contributed by atoms with Crippen molar-refractivity contribution in [1.29, 1.82) is 0 Å². The van der Waals surface area contributed by atoms with Gasteiger partial charge >= 0.3 is 0 Å². The molecule has 0 unspecified atom stereocenters. The highest BCUT2D eigenvalue weighted by Gasteiger charge is 1.99. The number of nitrogens with one attached hydrogen (secondary N) is 2. The zero-order chi connectivity index (χ0) is 11.2. The van der Waals surface area contributed by atoms with Crippen molar-refractivity contribution in [2.75, 3.05) is 11.9 Å². The van der Waals surface area contributed by atoms with E-state index >= 15 is 0 Å². The molecule has 0 radical (unpaired) electrons. The molecule has 1 aromatic carbocycles. The van der Waals surface area contributed by atoms with Crippen LogP contribution in [0.5, 0.6) is 0 Å². The Morgan fingerprint density at radius 3 is 2.69 bits per heavy atom. The molecule has 5 heteroatoms. The lowest BCUT2D eigenvalue weighted by Gasteiger charge is -2.05. The molecular formula is C11H15N5. The van der Waals surface area contributed by atoms with Crippen LogP contribution >= 0.6 is 0 Å². The van der Waals surface area contributed by atoms with Crippen molar-refractivity contribution in [2.24, 2.45) is 0 Å². The fraction of sp³-hybridized carbons (Fsp3) is 0.364. The van der Waals surface area contributed by atoms with Crippen LogP contribution in [-0.4, -0.2) is 27.2 Å². The Kier molecular flexibility index (Phi) is 3.48. The molecule has 5 nitrogen and oxygen atoms in total. The number of hydrogen-bond donors (Lipinski definition) is 2. The van der Waals surface area contributed by atoms with Crippen LogP contribution in [0.2, 0.25) is 0 Å². The number of rotatable bonds is 5. The molecule has 0 aliphatic rings. The summed E-state index contributed by atoms with van der Waals surface area (Å²) in [6.45, 7) is 3.16. The molecular weight excluding hydrogens is 202 g/mol. The van der Waals surface area contributed by atoms with Gasteiger partial charge in [0.1, 0.15) is 0 Å². The van der Waals surface area contributed by atoms with Crippen molar-refractivity contribution >= 4 is 5.69 Å². The summed E-state index contributed by atoms with van der Waals surface area (Å²) in [5.41, 5.74) is 2.35. The Hall–Kier alpha value is -1.91. The number of benzene rings is 1. The average Bonchev–Trinajstić information content (AvgIpc) is 2.81. The number of aromatic amines is 1. The van der Waals surface area contributed by atoms with Gasteiger partial charge in [0.2, 0.25) is 0 Å². The number of anilines is 1. The van der Waals surface area contributed by atoms with Crippen LogP contribution in [0.25, 0.3) is 0 Å². The Balaban J connectivity index is 1.96. The molecule has 1 heterocycles. The Bertz CT molecular complexity index is 406. The van der Waals surface area contributed by atoms with Crippen LogP contribution in [0.15, 0.2) is 24.3 Å². The second-order valence-corrected chi connectivity index (χ2v) is 3.65. The number of nitrogens with zero attached hydrogens (tertiary/aromatic N) is 3. The first kappa shape index (κ1) is 10.6. The Morgan fingerprint density at radius 1 is 1.25 bits per heavy atom. The van der Waals surface area contributed by atoms with Crippen molar-refractivity contribution in [3.05, 3.63) is 35.7 Å². The number of tetrazole rings is 1. The molecule has 0 aliphatic heterocycles. The topological polar surface area (TPSA) is 66.5 Å². The summed E-state index contributed by atoms with van der Waals surface area (Å²) in [6, 6.07) is 8.32. The van der Waals surface area contributed by atoms with Gasteiger partial charge < -0.3 is 5.32 Å². The van der Waals surface area contributed by atoms with E-state index in [2.05, 4.69) is 57.1 Å². The summed E-state index contributed by atoms with van der Waals surface area (Å²) < 4.78 is 0. The van der Waals surface area contributed by atoms with Crippen LogP contribution in [-0.2, 0) is 6.42 Å². The van der Waals surface area contributed by atoms with Gasteiger partial charge in [0.25, 0.3) is 0 Å². The summed E-state index contributed by atoms with van der Waals surface area (Å²) in [4.78, 5) is 0. The molecule has 84 valence electrons. The van der Waals surface area contributed by atoms with Gasteiger partial charge in [-0.3, -0.25) is 0 Å². The molecule has 16 heavy (non-hydrogen) atoms. The minimum Gasteiger partial charge on any atom is -0.385 e. The summed E-state index contributed by atoms with van der Waals surface area (Å²) in [5.74, 6) is 0.786. The average molecular weight is 217 g/mol. The third-order valence-corrected chi connectivity index (χ3v) is 2.29. The monoisotopic (exact) mass is 217 g/mol. The van der Waals surface area contributed by atoms with Crippen LogP contribution in [0, 0.1) is 0 Å². The van der Waals surface area contributed by atoms with Crippen LogP contribution in [0.1, 0.15) is 24.7 Å². The lowest BCUT2D eigenvalue weighted by molar-refractivity contribution is 0.881. The summed E-state index contributed by atoms with van der Waals surface area (Å²) in [6.07, 6.45) is 1.87. The Labute approximate surface area is 94.3 Å². The van der Waals surface area contributed by atoms with E-state index in [1.807, 2.05) is 0 Å². The van der Waals surface area contributed by atoms with Gasteiger partial charge in [-0.05, 0) is 34.5 Å². The van der Waals surface area contributed by atoms with Gasteiger partial charge in [0.15, 0.2) is 5.82 Å². The second kappa shape index (κ2) is 5.25. The highest BCUT2D eigenvalue weighted by atomic mass is 15.5.